The van der Waals surface area contributed by atoms with Gasteiger partial charge >= 0.3 is 0 Å². The average molecular weight is 338 g/mol. The fourth-order valence-electron chi connectivity index (χ4n) is 2.47. The lowest BCUT2D eigenvalue weighted by Crippen LogP contribution is -2.31. The van der Waals surface area contributed by atoms with Crippen molar-refractivity contribution in [1.82, 2.24) is 25.3 Å². The van der Waals surface area contributed by atoms with Crippen LogP contribution in [0.5, 0.6) is 0 Å². The largest absolute Gasteiger partial charge is 0.343 e. The third-order valence-electron chi connectivity index (χ3n) is 3.63. The Morgan fingerprint density at radius 1 is 1.28 bits per heavy atom. The molecule has 8 nitrogen and oxygen atoms in total. The van der Waals surface area contributed by atoms with Gasteiger partial charge in [-0.15, -0.1) is 0 Å². The standard InChI is InChI=1S/C17H18N6O2/c1-11-15-16(20-21-17(15)23(2)22-11)19-14(25)10-18-13(24)9-8-12-6-4-3-5-7-12/h3-9H,10H2,1-2H3,(H,18,24)(H2,19,20,21,25). The molecule has 0 bridgehead atoms. The van der Waals surface area contributed by atoms with Crippen molar-refractivity contribution in [1.29, 1.82) is 0 Å². The Kier molecular flexibility index (Phi) is 4.60. The van der Waals surface area contributed by atoms with Crippen molar-refractivity contribution < 1.29 is 9.59 Å². The molecule has 0 radical (unpaired) electrons. The van der Waals surface area contributed by atoms with Crippen molar-refractivity contribution in [2.45, 2.75) is 6.92 Å². The molecule has 2 heterocycles. The molecule has 0 unspecified atom stereocenters. The molecular formula is C17H18N6O2. The topological polar surface area (TPSA) is 105 Å². The first-order chi connectivity index (χ1) is 12.0. The Bertz CT molecular complexity index is 939. The van der Waals surface area contributed by atoms with E-state index >= 15 is 0 Å². The molecule has 3 aromatic rings. The summed E-state index contributed by atoms with van der Waals surface area (Å²) in [6, 6.07) is 9.44. The Morgan fingerprint density at radius 2 is 2.04 bits per heavy atom. The lowest BCUT2D eigenvalue weighted by molar-refractivity contribution is -0.121. The molecule has 0 aliphatic heterocycles. The highest BCUT2D eigenvalue weighted by molar-refractivity contribution is 6.02. The molecule has 128 valence electrons. The van der Waals surface area contributed by atoms with Gasteiger partial charge in [-0.1, -0.05) is 30.3 Å². The fourth-order valence-corrected chi connectivity index (χ4v) is 2.47. The van der Waals surface area contributed by atoms with E-state index in [-0.39, 0.29) is 18.4 Å². The Hall–Kier alpha value is -3.42. The van der Waals surface area contributed by atoms with Crippen molar-refractivity contribution in [3.63, 3.8) is 0 Å². The van der Waals surface area contributed by atoms with Gasteiger partial charge in [-0.05, 0) is 18.6 Å². The number of hydrogen-bond acceptors (Lipinski definition) is 4. The van der Waals surface area contributed by atoms with E-state index in [4.69, 9.17) is 0 Å². The van der Waals surface area contributed by atoms with Gasteiger partial charge in [-0.3, -0.25) is 14.7 Å². The van der Waals surface area contributed by atoms with Gasteiger partial charge in [-0.2, -0.15) is 10.2 Å². The first kappa shape index (κ1) is 16.4. The smallest absolute Gasteiger partial charge is 0.244 e. The summed E-state index contributed by atoms with van der Waals surface area (Å²) in [7, 11) is 1.78. The van der Waals surface area contributed by atoms with Crippen LogP contribution >= 0.6 is 0 Å². The average Bonchev–Trinajstić information content (AvgIpc) is 3.14. The molecule has 2 amide bonds. The van der Waals surface area contributed by atoms with Gasteiger partial charge in [-0.25, -0.2) is 4.68 Å². The van der Waals surface area contributed by atoms with Crippen molar-refractivity contribution in [2.75, 3.05) is 11.9 Å². The maximum atomic E-state index is 12.0. The fraction of sp³-hybridized carbons (Fsp3) is 0.176. The number of carbonyl (C=O) groups excluding carboxylic acids is 2. The summed E-state index contributed by atoms with van der Waals surface area (Å²) < 4.78 is 1.63. The zero-order chi connectivity index (χ0) is 17.8. The summed E-state index contributed by atoms with van der Waals surface area (Å²) in [6.07, 6.45) is 3.08. The minimum absolute atomic E-state index is 0.141. The van der Waals surface area contributed by atoms with Crippen LogP contribution < -0.4 is 10.6 Å². The molecular weight excluding hydrogens is 320 g/mol. The first-order valence-electron chi connectivity index (χ1n) is 7.73. The molecule has 0 atom stereocenters. The number of nitrogens with one attached hydrogen (secondary N) is 3. The van der Waals surface area contributed by atoms with Gasteiger partial charge in [0.1, 0.15) is 5.82 Å². The number of rotatable bonds is 5. The van der Waals surface area contributed by atoms with Crippen LogP contribution in [0.25, 0.3) is 17.1 Å². The quantitative estimate of drug-likeness (QED) is 0.611. The first-order valence-corrected chi connectivity index (χ1v) is 7.73. The molecule has 0 aliphatic rings. The molecule has 8 heteroatoms. The number of H-pyrrole nitrogens is 1. The Labute approximate surface area is 143 Å². The van der Waals surface area contributed by atoms with Gasteiger partial charge < -0.3 is 10.6 Å². The molecule has 0 spiro atoms. The molecule has 0 fully saturated rings. The molecule has 0 saturated carbocycles. The van der Waals surface area contributed by atoms with E-state index in [1.54, 1.807) is 17.8 Å². The predicted molar refractivity (Wildman–Crippen MR) is 94.7 cm³/mol. The normalized spacial score (nSPS) is 11.1. The highest BCUT2D eigenvalue weighted by atomic mass is 16.2. The van der Waals surface area contributed by atoms with Gasteiger partial charge in [0, 0.05) is 13.1 Å². The zero-order valence-corrected chi connectivity index (χ0v) is 13.9. The third-order valence-corrected chi connectivity index (χ3v) is 3.63. The molecule has 0 saturated heterocycles. The van der Waals surface area contributed by atoms with E-state index in [1.165, 1.54) is 6.08 Å². The SMILES string of the molecule is Cc1nn(C)c2n[nH]c(NC(=O)CNC(=O)C=Cc3ccccc3)c12. The number of carbonyl (C=O) groups is 2. The van der Waals surface area contributed by atoms with Crippen LogP contribution in [0.4, 0.5) is 5.82 Å². The van der Waals surface area contributed by atoms with Crippen LogP contribution in [-0.4, -0.2) is 38.3 Å². The van der Waals surface area contributed by atoms with Crippen molar-refractivity contribution in [3.8, 4) is 0 Å². The van der Waals surface area contributed by atoms with Crippen LogP contribution in [0.15, 0.2) is 36.4 Å². The highest BCUT2D eigenvalue weighted by Crippen LogP contribution is 2.22. The molecule has 3 N–H and O–H groups in total. The van der Waals surface area contributed by atoms with Crippen LogP contribution in [0.2, 0.25) is 0 Å². The maximum absolute atomic E-state index is 12.0. The molecule has 1 aromatic carbocycles. The third kappa shape index (κ3) is 3.74. The summed E-state index contributed by atoms with van der Waals surface area (Å²) in [5.41, 5.74) is 2.33. The second kappa shape index (κ2) is 7.00. The van der Waals surface area contributed by atoms with E-state index < -0.39 is 0 Å². The Balaban J connectivity index is 1.55. The number of nitrogens with zero attached hydrogens (tertiary/aromatic N) is 3. The lowest BCUT2D eigenvalue weighted by Gasteiger charge is -2.03. The van der Waals surface area contributed by atoms with Crippen LogP contribution in [0, 0.1) is 6.92 Å². The van der Waals surface area contributed by atoms with E-state index in [0.717, 1.165) is 16.6 Å². The Morgan fingerprint density at radius 3 is 2.80 bits per heavy atom. The van der Waals surface area contributed by atoms with Gasteiger partial charge in [0.25, 0.3) is 0 Å². The van der Waals surface area contributed by atoms with Crippen molar-refractivity contribution in [3.05, 3.63) is 47.7 Å². The summed E-state index contributed by atoms with van der Waals surface area (Å²) >= 11 is 0. The lowest BCUT2D eigenvalue weighted by atomic mass is 10.2. The van der Waals surface area contributed by atoms with E-state index in [9.17, 15) is 9.59 Å². The number of benzene rings is 1. The molecule has 0 aliphatic carbocycles. The molecule has 25 heavy (non-hydrogen) atoms. The number of aryl methyl sites for hydroxylation is 2. The number of aromatic nitrogens is 4. The van der Waals surface area contributed by atoms with Crippen LogP contribution in [0.1, 0.15) is 11.3 Å². The molecule has 2 aromatic heterocycles. The minimum atomic E-state index is -0.352. The maximum Gasteiger partial charge on any atom is 0.244 e. The van der Waals surface area contributed by atoms with Gasteiger partial charge in [0.05, 0.1) is 17.6 Å². The summed E-state index contributed by atoms with van der Waals surface area (Å²) in [6.45, 7) is 1.70. The molecule has 3 rings (SSSR count). The zero-order valence-electron chi connectivity index (χ0n) is 13.9. The second-order valence-corrected chi connectivity index (χ2v) is 5.52. The summed E-state index contributed by atoms with van der Waals surface area (Å²) in [5, 5.41) is 17.1. The highest BCUT2D eigenvalue weighted by Gasteiger charge is 2.15. The minimum Gasteiger partial charge on any atom is -0.343 e. The van der Waals surface area contributed by atoms with Crippen molar-refractivity contribution >= 4 is 34.7 Å². The number of aromatic amines is 1. The van der Waals surface area contributed by atoms with Crippen molar-refractivity contribution in [2.24, 2.45) is 7.05 Å². The van der Waals surface area contributed by atoms with Crippen LogP contribution in [-0.2, 0) is 16.6 Å². The van der Waals surface area contributed by atoms with Gasteiger partial charge in [0.15, 0.2) is 5.65 Å². The monoisotopic (exact) mass is 338 g/mol. The summed E-state index contributed by atoms with van der Waals surface area (Å²) in [4.78, 5) is 23.8. The van der Waals surface area contributed by atoms with E-state index in [1.807, 2.05) is 37.3 Å². The van der Waals surface area contributed by atoms with Crippen LogP contribution in [0.3, 0.4) is 0 Å². The van der Waals surface area contributed by atoms with E-state index in [2.05, 4.69) is 25.9 Å². The predicted octanol–water partition coefficient (Wildman–Crippen LogP) is 1.37. The number of amides is 2. The van der Waals surface area contributed by atoms with Gasteiger partial charge in [0.2, 0.25) is 11.8 Å². The number of anilines is 1. The number of hydrogen-bond donors (Lipinski definition) is 3. The van der Waals surface area contributed by atoms with E-state index in [0.29, 0.717) is 11.5 Å². The second-order valence-electron chi connectivity index (χ2n) is 5.52. The number of fused-ring (bicyclic) bond motifs is 1. The summed E-state index contributed by atoms with van der Waals surface area (Å²) in [5.74, 6) is -0.221.